The monoisotopic (exact) mass is 250 g/mol. The Labute approximate surface area is 111 Å². The molecule has 0 aliphatic rings. The standard InChI is InChI=1S/C16H14N2O/c1-12-4-6-13(7-5-12)9-16-17-10-15-14(11-19)3-2-8-18(15)16/h2-8,10-11H,9H2,1H3. The van der Waals surface area contributed by atoms with Crippen molar-refractivity contribution >= 4 is 11.8 Å². The second-order valence-corrected chi connectivity index (χ2v) is 4.67. The van der Waals surface area contributed by atoms with Crippen LogP contribution >= 0.6 is 0 Å². The topological polar surface area (TPSA) is 34.4 Å². The van der Waals surface area contributed by atoms with Crippen LogP contribution in [0.4, 0.5) is 0 Å². The van der Waals surface area contributed by atoms with Crippen LogP contribution in [0.3, 0.4) is 0 Å². The van der Waals surface area contributed by atoms with Crippen molar-refractivity contribution in [1.29, 1.82) is 0 Å². The minimum Gasteiger partial charge on any atom is -0.303 e. The van der Waals surface area contributed by atoms with E-state index in [0.717, 1.165) is 24.0 Å². The maximum absolute atomic E-state index is 11.0. The number of hydrogen-bond acceptors (Lipinski definition) is 2. The lowest BCUT2D eigenvalue weighted by atomic mass is 10.1. The fourth-order valence-electron chi connectivity index (χ4n) is 2.22. The summed E-state index contributed by atoms with van der Waals surface area (Å²) < 4.78 is 1.98. The van der Waals surface area contributed by atoms with Gasteiger partial charge >= 0.3 is 0 Å². The van der Waals surface area contributed by atoms with E-state index in [1.807, 2.05) is 16.7 Å². The highest BCUT2D eigenvalue weighted by Crippen LogP contribution is 2.14. The van der Waals surface area contributed by atoms with Gasteiger partial charge in [-0.15, -0.1) is 0 Å². The number of aryl methyl sites for hydroxylation is 1. The third kappa shape index (κ3) is 2.15. The summed E-state index contributed by atoms with van der Waals surface area (Å²) in [5, 5.41) is 0. The number of fused-ring (bicyclic) bond motifs is 1. The van der Waals surface area contributed by atoms with Gasteiger partial charge in [-0.25, -0.2) is 4.98 Å². The second kappa shape index (κ2) is 4.69. The van der Waals surface area contributed by atoms with Crippen molar-refractivity contribution in [1.82, 2.24) is 9.38 Å². The predicted octanol–water partition coefficient (Wildman–Crippen LogP) is 3.05. The number of hydrogen-bond donors (Lipinski definition) is 0. The Hall–Kier alpha value is -2.42. The molecular weight excluding hydrogens is 236 g/mol. The van der Waals surface area contributed by atoms with Gasteiger partial charge in [0.25, 0.3) is 0 Å². The zero-order chi connectivity index (χ0) is 13.2. The number of rotatable bonds is 3. The van der Waals surface area contributed by atoms with E-state index in [-0.39, 0.29) is 0 Å². The largest absolute Gasteiger partial charge is 0.303 e. The first kappa shape index (κ1) is 11.7. The Kier molecular flexibility index (Phi) is 2.88. The first-order valence-corrected chi connectivity index (χ1v) is 6.23. The van der Waals surface area contributed by atoms with Crippen LogP contribution in [0.25, 0.3) is 5.52 Å². The molecule has 3 aromatic rings. The van der Waals surface area contributed by atoms with Gasteiger partial charge in [-0.2, -0.15) is 0 Å². The van der Waals surface area contributed by atoms with Gasteiger partial charge in [-0.1, -0.05) is 29.8 Å². The Morgan fingerprint density at radius 1 is 1.21 bits per heavy atom. The lowest BCUT2D eigenvalue weighted by Gasteiger charge is -2.03. The molecule has 0 saturated heterocycles. The van der Waals surface area contributed by atoms with Crippen LogP contribution in [-0.4, -0.2) is 15.7 Å². The summed E-state index contributed by atoms with van der Waals surface area (Å²) in [5.41, 5.74) is 4.00. The van der Waals surface area contributed by atoms with Gasteiger partial charge in [0.05, 0.1) is 11.7 Å². The van der Waals surface area contributed by atoms with E-state index in [4.69, 9.17) is 0 Å². The fourth-order valence-corrected chi connectivity index (χ4v) is 2.22. The zero-order valence-electron chi connectivity index (χ0n) is 10.7. The first-order chi connectivity index (χ1) is 9.28. The molecule has 3 heteroatoms. The van der Waals surface area contributed by atoms with Gasteiger partial charge in [0.1, 0.15) is 5.82 Å². The molecule has 0 atom stereocenters. The summed E-state index contributed by atoms with van der Waals surface area (Å²) in [7, 11) is 0. The number of pyridine rings is 1. The third-order valence-electron chi connectivity index (χ3n) is 3.29. The van der Waals surface area contributed by atoms with Crippen molar-refractivity contribution in [3.63, 3.8) is 0 Å². The summed E-state index contributed by atoms with van der Waals surface area (Å²) in [6.45, 7) is 2.07. The van der Waals surface area contributed by atoms with Gasteiger partial charge in [0, 0.05) is 18.2 Å². The van der Waals surface area contributed by atoms with Gasteiger partial charge < -0.3 is 4.40 Å². The summed E-state index contributed by atoms with van der Waals surface area (Å²) in [4.78, 5) is 15.4. The molecule has 0 bridgehead atoms. The highest BCUT2D eigenvalue weighted by atomic mass is 16.1. The minimum absolute atomic E-state index is 0.671. The molecule has 0 aliphatic carbocycles. The minimum atomic E-state index is 0.671. The number of carbonyl (C=O) groups is 1. The van der Waals surface area contributed by atoms with Crippen molar-refractivity contribution < 1.29 is 4.79 Å². The van der Waals surface area contributed by atoms with Crippen LogP contribution in [-0.2, 0) is 6.42 Å². The van der Waals surface area contributed by atoms with Gasteiger partial charge in [-0.05, 0) is 24.6 Å². The van der Waals surface area contributed by atoms with E-state index < -0.39 is 0 Å². The SMILES string of the molecule is Cc1ccc(Cc2ncc3c(C=O)cccn23)cc1. The van der Waals surface area contributed by atoms with E-state index in [1.54, 1.807) is 12.3 Å². The van der Waals surface area contributed by atoms with Crippen molar-refractivity contribution in [2.24, 2.45) is 0 Å². The molecule has 19 heavy (non-hydrogen) atoms. The maximum Gasteiger partial charge on any atom is 0.152 e. The molecule has 0 saturated carbocycles. The lowest BCUT2D eigenvalue weighted by molar-refractivity contribution is 0.112. The fraction of sp³-hybridized carbons (Fsp3) is 0.125. The predicted molar refractivity (Wildman–Crippen MR) is 74.6 cm³/mol. The smallest absolute Gasteiger partial charge is 0.152 e. The van der Waals surface area contributed by atoms with E-state index in [0.29, 0.717) is 5.56 Å². The molecule has 0 aliphatic heterocycles. The average molecular weight is 250 g/mol. The van der Waals surface area contributed by atoms with Gasteiger partial charge in [0.15, 0.2) is 6.29 Å². The van der Waals surface area contributed by atoms with Gasteiger partial charge in [0.2, 0.25) is 0 Å². The van der Waals surface area contributed by atoms with E-state index in [9.17, 15) is 4.79 Å². The molecule has 1 aromatic carbocycles. The Morgan fingerprint density at radius 2 is 2.00 bits per heavy atom. The average Bonchev–Trinajstić information content (AvgIpc) is 2.84. The van der Waals surface area contributed by atoms with Crippen LogP contribution in [0.5, 0.6) is 0 Å². The molecule has 94 valence electrons. The van der Waals surface area contributed by atoms with E-state index in [2.05, 4.69) is 36.2 Å². The Balaban J connectivity index is 2.02. The van der Waals surface area contributed by atoms with Crippen LogP contribution in [0, 0.1) is 6.92 Å². The number of carbonyl (C=O) groups excluding carboxylic acids is 1. The molecule has 0 N–H and O–H groups in total. The van der Waals surface area contributed by atoms with Crippen LogP contribution in [0.15, 0.2) is 48.8 Å². The summed E-state index contributed by atoms with van der Waals surface area (Å²) in [6.07, 6.45) is 5.33. The molecular formula is C16H14N2O. The number of imidazole rings is 1. The number of aromatic nitrogens is 2. The summed E-state index contributed by atoms with van der Waals surface area (Å²) in [6, 6.07) is 12.1. The van der Waals surface area contributed by atoms with Crippen LogP contribution < -0.4 is 0 Å². The van der Waals surface area contributed by atoms with Crippen LogP contribution in [0.2, 0.25) is 0 Å². The highest BCUT2D eigenvalue weighted by Gasteiger charge is 2.07. The Morgan fingerprint density at radius 3 is 2.74 bits per heavy atom. The molecule has 2 aromatic heterocycles. The normalized spacial score (nSPS) is 10.8. The van der Waals surface area contributed by atoms with Crippen molar-refractivity contribution in [3.05, 3.63) is 71.3 Å². The summed E-state index contributed by atoms with van der Waals surface area (Å²) >= 11 is 0. The molecule has 0 amide bonds. The van der Waals surface area contributed by atoms with E-state index >= 15 is 0 Å². The second-order valence-electron chi connectivity index (χ2n) is 4.67. The third-order valence-corrected chi connectivity index (χ3v) is 3.29. The molecule has 0 spiro atoms. The first-order valence-electron chi connectivity index (χ1n) is 6.23. The molecule has 3 nitrogen and oxygen atoms in total. The maximum atomic E-state index is 11.0. The molecule has 0 fully saturated rings. The number of benzene rings is 1. The number of aldehydes is 1. The van der Waals surface area contributed by atoms with Crippen molar-refractivity contribution in [2.75, 3.05) is 0 Å². The molecule has 0 radical (unpaired) electrons. The Bertz CT molecular complexity index is 726. The molecule has 0 unspecified atom stereocenters. The summed E-state index contributed by atoms with van der Waals surface area (Å²) in [5.74, 6) is 0.947. The van der Waals surface area contributed by atoms with Crippen molar-refractivity contribution in [3.8, 4) is 0 Å². The molecule has 2 heterocycles. The number of nitrogens with zero attached hydrogens (tertiary/aromatic N) is 2. The molecule has 3 rings (SSSR count). The van der Waals surface area contributed by atoms with Crippen LogP contribution in [0.1, 0.15) is 27.3 Å². The lowest BCUT2D eigenvalue weighted by Crippen LogP contribution is -1.97. The van der Waals surface area contributed by atoms with Crippen molar-refractivity contribution in [2.45, 2.75) is 13.3 Å². The van der Waals surface area contributed by atoms with Gasteiger partial charge in [-0.3, -0.25) is 4.79 Å². The zero-order valence-corrected chi connectivity index (χ0v) is 10.7. The highest BCUT2D eigenvalue weighted by molar-refractivity contribution is 5.85. The van der Waals surface area contributed by atoms with E-state index in [1.165, 1.54) is 11.1 Å². The quantitative estimate of drug-likeness (QED) is 0.669.